The molecule has 0 radical (unpaired) electrons. The number of hydrogen-bond donors (Lipinski definition) is 0. The first kappa shape index (κ1) is 13.0. The van der Waals surface area contributed by atoms with E-state index in [0.717, 1.165) is 28.3 Å². The Bertz CT molecular complexity index is 840. The molecule has 7 heteroatoms. The van der Waals surface area contributed by atoms with Crippen LogP contribution in [0, 0.1) is 13.8 Å². The minimum atomic E-state index is 0.402. The molecule has 7 nitrogen and oxygen atoms in total. The number of hydrogen-bond acceptors (Lipinski definition) is 7. The Hall–Kier alpha value is -2.70. The van der Waals surface area contributed by atoms with Gasteiger partial charge in [-0.05, 0) is 26.7 Å². The maximum Gasteiger partial charge on any atom is 0.251 e. The van der Waals surface area contributed by atoms with E-state index >= 15 is 0 Å². The van der Waals surface area contributed by atoms with Crippen molar-refractivity contribution in [2.45, 2.75) is 32.6 Å². The normalized spacial score (nSPS) is 14.3. The van der Waals surface area contributed by atoms with Gasteiger partial charge in [-0.15, -0.1) is 10.2 Å². The molecule has 0 aromatic carbocycles. The van der Waals surface area contributed by atoms with E-state index in [0.29, 0.717) is 17.7 Å². The van der Waals surface area contributed by atoms with Gasteiger partial charge in [0.1, 0.15) is 12.2 Å². The summed E-state index contributed by atoms with van der Waals surface area (Å²) in [6.07, 6.45) is 7.28. The van der Waals surface area contributed by atoms with E-state index in [4.69, 9.17) is 4.42 Å². The Kier molecular flexibility index (Phi) is 2.92. The third kappa shape index (κ3) is 2.24. The summed E-state index contributed by atoms with van der Waals surface area (Å²) in [5.74, 6) is 2.25. The zero-order valence-electron chi connectivity index (χ0n) is 12.3. The number of nitrogens with zero attached hydrogens (tertiary/aromatic N) is 6. The fourth-order valence-electron chi connectivity index (χ4n) is 2.27. The minimum Gasteiger partial charge on any atom is -0.416 e. The van der Waals surface area contributed by atoms with Crippen molar-refractivity contribution in [3.8, 4) is 22.9 Å². The van der Waals surface area contributed by atoms with Crippen molar-refractivity contribution in [3.05, 3.63) is 35.9 Å². The predicted molar refractivity (Wildman–Crippen MR) is 77.8 cm³/mol. The third-order valence-corrected chi connectivity index (χ3v) is 3.74. The van der Waals surface area contributed by atoms with Crippen molar-refractivity contribution in [1.29, 1.82) is 0 Å². The van der Waals surface area contributed by atoms with Crippen LogP contribution in [0.1, 0.15) is 36.0 Å². The lowest BCUT2D eigenvalue weighted by Gasteiger charge is -2.02. The smallest absolute Gasteiger partial charge is 0.251 e. The van der Waals surface area contributed by atoms with Gasteiger partial charge in [0.05, 0.1) is 22.5 Å². The van der Waals surface area contributed by atoms with E-state index in [1.54, 1.807) is 12.4 Å². The van der Waals surface area contributed by atoms with E-state index in [1.165, 1.54) is 19.2 Å². The molecule has 1 saturated carbocycles. The van der Waals surface area contributed by atoms with E-state index in [9.17, 15) is 0 Å². The molecule has 0 bridgehead atoms. The second kappa shape index (κ2) is 4.94. The summed E-state index contributed by atoms with van der Waals surface area (Å²) in [5.41, 5.74) is 3.14. The number of aryl methyl sites for hydroxylation is 2. The van der Waals surface area contributed by atoms with Crippen LogP contribution in [0.25, 0.3) is 22.9 Å². The average Bonchev–Trinajstić information content (AvgIpc) is 3.26. The fraction of sp³-hybridized carbons (Fsp3) is 0.333. The van der Waals surface area contributed by atoms with Gasteiger partial charge in [-0.3, -0.25) is 0 Å². The molecule has 0 aliphatic heterocycles. The maximum atomic E-state index is 5.75. The largest absolute Gasteiger partial charge is 0.416 e. The molecule has 0 amide bonds. The van der Waals surface area contributed by atoms with Crippen LogP contribution in [0.5, 0.6) is 0 Å². The molecular weight excluding hydrogens is 280 g/mol. The molecule has 0 unspecified atom stereocenters. The van der Waals surface area contributed by atoms with E-state index in [1.807, 2.05) is 13.8 Å². The molecule has 3 aromatic heterocycles. The molecule has 0 saturated heterocycles. The fourth-order valence-corrected chi connectivity index (χ4v) is 2.27. The van der Waals surface area contributed by atoms with Crippen LogP contribution in [0.3, 0.4) is 0 Å². The number of rotatable bonds is 3. The second-order valence-electron chi connectivity index (χ2n) is 5.44. The van der Waals surface area contributed by atoms with Crippen molar-refractivity contribution in [2.24, 2.45) is 0 Å². The van der Waals surface area contributed by atoms with Crippen LogP contribution in [-0.2, 0) is 0 Å². The van der Waals surface area contributed by atoms with Gasteiger partial charge in [-0.1, -0.05) is 0 Å². The minimum absolute atomic E-state index is 0.402. The highest BCUT2D eigenvalue weighted by atomic mass is 16.4. The van der Waals surface area contributed by atoms with Crippen molar-refractivity contribution in [2.75, 3.05) is 0 Å². The highest BCUT2D eigenvalue weighted by molar-refractivity contribution is 5.59. The summed E-state index contributed by atoms with van der Waals surface area (Å²) in [7, 11) is 0. The second-order valence-corrected chi connectivity index (χ2v) is 5.44. The van der Waals surface area contributed by atoms with E-state index in [-0.39, 0.29) is 0 Å². The van der Waals surface area contributed by atoms with Gasteiger partial charge in [-0.2, -0.15) is 0 Å². The van der Waals surface area contributed by atoms with Gasteiger partial charge < -0.3 is 4.42 Å². The van der Waals surface area contributed by atoms with E-state index < -0.39 is 0 Å². The van der Waals surface area contributed by atoms with Crippen LogP contribution >= 0.6 is 0 Å². The highest BCUT2D eigenvalue weighted by Crippen LogP contribution is 2.38. The molecule has 4 rings (SSSR count). The molecule has 0 N–H and O–H groups in total. The Morgan fingerprint density at radius 3 is 2.32 bits per heavy atom. The Morgan fingerprint density at radius 2 is 1.68 bits per heavy atom. The molecule has 0 spiro atoms. The summed E-state index contributed by atoms with van der Waals surface area (Å²) < 4.78 is 5.75. The van der Waals surface area contributed by atoms with Gasteiger partial charge >= 0.3 is 0 Å². The molecular formula is C15H14N6O. The van der Waals surface area contributed by atoms with Crippen LogP contribution < -0.4 is 0 Å². The van der Waals surface area contributed by atoms with Crippen LogP contribution in [0.15, 0.2) is 23.1 Å². The monoisotopic (exact) mass is 294 g/mol. The Labute approximate surface area is 126 Å². The lowest BCUT2D eigenvalue weighted by molar-refractivity contribution is 0.581. The Morgan fingerprint density at radius 1 is 0.955 bits per heavy atom. The summed E-state index contributed by atoms with van der Waals surface area (Å²) in [6, 6.07) is 0. The van der Waals surface area contributed by atoms with Gasteiger partial charge in [0.25, 0.3) is 11.8 Å². The third-order valence-electron chi connectivity index (χ3n) is 3.74. The van der Waals surface area contributed by atoms with Gasteiger partial charge in [0.2, 0.25) is 0 Å². The molecule has 3 aromatic rings. The molecule has 1 aliphatic carbocycles. The quantitative estimate of drug-likeness (QED) is 0.732. The number of aromatic nitrogens is 6. The zero-order valence-corrected chi connectivity index (χ0v) is 12.3. The topological polar surface area (TPSA) is 90.5 Å². The van der Waals surface area contributed by atoms with Crippen molar-refractivity contribution in [3.63, 3.8) is 0 Å². The summed E-state index contributed by atoms with van der Waals surface area (Å²) in [5, 5.41) is 8.19. The molecule has 22 heavy (non-hydrogen) atoms. The molecule has 110 valence electrons. The highest BCUT2D eigenvalue weighted by Gasteiger charge is 2.27. The lowest BCUT2D eigenvalue weighted by atomic mass is 10.2. The maximum absolute atomic E-state index is 5.75. The standard InChI is InChI=1S/C15H14N6O/c1-8-11(5-16-7-18-8)14-20-21-15(22-14)12-6-17-13(10-3-4-10)19-9(12)2/h5-7,10H,3-4H2,1-2H3. The molecule has 1 aliphatic rings. The molecule has 3 heterocycles. The van der Waals surface area contributed by atoms with Crippen molar-refractivity contribution < 1.29 is 4.42 Å². The zero-order chi connectivity index (χ0) is 15.1. The average molecular weight is 294 g/mol. The lowest BCUT2D eigenvalue weighted by Crippen LogP contribution is -1.97. The summed E-state index contributed by atoms with van der Waals surface area (Å²) in [4.78, 5) is 17.1. The summed E-state index contributed by atoms with van der Waals surface area (Å²) in [6.45, 7) is 3.81. The van der Waals surface area contributed by atoms with E-state index in [2.05, 4.69) is 30.1 Å². The van der Waals surface area contributed by atoms with Crippen LogP contribution in [0.4, 0.5) is 0 Å². The predicted octanol–water partition coefficient (Wildman–Crippen LogP) is 2.48. The van der Waals surface area contributed by atoms with Gasteiger partial charge in [0.15, 0.2) is 0 Å². The first-order valence-electron chi connectivity index (χ1n) is 7.17. The first-order valence-corrected chi connectivity index (χ1v) is 7.17. The SMILES string of the molecule is Cc1ncncc1-c1nnc(-c2cnc(C3CC3)nc2C)o1. The van der Waals surface area contributed by atoms with Crippen molar-refractivity contribution >= 4 is 0 Å². The van der Waals surface area contributed by atoms with Gasteiger partial charge in [0, 0.05) is 18.3 Å². The van der Waals surface area contributed by atoms with Crippen LogP contribution in [0.2, 0.25) is 0 Å². The van der Waals surface area contributed by atoms with Crippen molar-refractivity contribution in [1.82, 2.24) is 30.1 Å². The summed E-state index contributed by atoms with van der Waals surface area (Å²) >= 11 is 0. The Balaban J connectivity index is 1.71. The van der Waals surface area contributed by atoms with Gasteiger partial charge in [-0.25, -0.2) is 19.9 Å². The molecule has 1 fully saturated rings. The van der Waals surface area contributed by atoms with Crippen LogP contribution in [-0.4, -0.2) is 30.1 Å². The molecule has 0 atom stereocenters. The first-order chi connectivity index (χ1) is 10.7.